The summed E-state index contributed by atoms with van der Waals surface area (Å²) < 4.78 is 10.6. The van der Waals surface area contributed by atoms with Crippen LogP contribution < -0.4 is 15.4 Å². The molecule has 1 unspecified atom stereocenters. The van der Waals surface area contributed by atoms with E-state index in [1.807, 2.05) is 12.1 Å². The molecule has 0 bridgehead atoms. The van der Waals surface area contributed by atoms with Crippen LogP contribution in [0, 0.1) is 5.92 Å². The second-order valence-electron chi connectivity index (χ2n) is 7.22. The Bertz CT molecular complexity index is 562. The zero-order valence-electron chi connectivity index (χ0n) is 17.6. The number of hydrogen-bond acceptors (Lipinski definition) is 5. The highest BCUT2D eigenvalue weighted by Gasteiger charge is 2.22. The third-order valence-electron chi connectivity index (χ3n) is 4.58. The van der Waals surface area contributed by atoms with E-state index < -0.39 is 0 Å². The number of pyridine rings is 1. The highest BCUT2D eigenvalue weighted by atomic mass is 127. The van der Waals surface area contributed by atoms with Gasteiger partial charge in [0.1, 0.15) is 0 Å². The van der Waals surface area contributed by atoms with Gasteiger partial charge in [0.15, 0.2) is 5.96 Å². The Morgan fingerprint density at radius 3 is 2.61 bits per heavy atom. The van der Waals surface area contributed by atoms with Gasteiger partial charge in [0.25, 0.3) is 0 Å². The van der Waals surface area contributed by atoms with Crippen molar-refractivity contribution in [2.24, 2.45) is 10.9 Å². The van der Waals surface area contributed by atoms with E-state index in [0.29, 0.717) is 24.4 Å². The van der Waals surface area contributed by atoms with Crippen LogP contribution in [0.25, 0.3) is 0 Å². The molecule has 0 amide bonds. The molecule has 2 rings (SSSR count). The molecule has 1 saturated heterocycles. The zero-order valence-corrected chi connectivity index (χ0v) is 19.9. The molecule has 1 fully saturated rings. The lowest BCUT2D eigenvalue weighted by atomic mass is 10.0. The maximum atomic E-state index is 5.51. The number of nitrogens with one attached hydrogen (secondary N) is 2. The van der Waals surface area contributed by atoms with Gasteiger partial charge in [0.2, 0.25) is 5.88 Å². The fraction of sp³-hybridized carbons (Fsp3) is 0.700. The monoisotopic (exact) mass is 505 g/mol. The summed E-state index contributed by atoms with van der Waals surface area (Å²) >= 11 is 0. The molecule has 2 N–H and O–H groups in total. The molecule has 160 valence electrons. The Balaban J connectivity index is 0.00000392. The topological polar surface area (TPSA) is 71.0 Å². The first kappa shape index (κ1) is 24.9. The van der Waals surface area contributed by atoms with Gasteiger partial charge in [-0.05, 0) is 24.8 Å². The van der Waals surface area contributed by atoms with Gasteiger partial charge < -0.3 is 20.1 Å². The first-order chi connectivity index (χ1) is 13.1. The smallest absolute Gasteiger partial charge is 0.212 e. The van der Waals surface area contributed by atoms with Gasteiger partial charge in [0.05, 0.1) is 26.9 Å². The number of ether oxygens (including phenoxy) is 2. The number of nitrogens with zero attached hydrogens (tertiary/aromatic N) is 3. The number of guanidine groups is 1. The van der Waals surface area contributed by atoms with Crippen molar-refractivity contribution in [2.45, 2.75) is 39.8 Å². The number of halogens is 1. The van der Waals surface area contributed by atoms with Crippen molar-refractivity contribution in [3.8, 4) is 5.88 Å². The van der Waals surface area contributed by atoms with Gasteiger partial charge in [-0.15, -0.1) is 24.0 Å². The maximum absolute atomic E-state index is 5.51. The summed E-state index contributed by atoms with van der Waals surface area (Å²) in [5.41, 5.74) is 1.06. The minimum atomic E-state index is 0. The average molecular weight is 505 g/mol. The fourth-order valence-corrected chi connectivity index (χ4v) is 3.20. The first-order valence-corrected chi connectivity index (χ1v) is 9.95. The van der Waals surface area contributed by atoms with Gasteiger partial charge >= 0.3 is 0 Å². The van der Waals surface area contributed by atoms with E-state index in [2.05, 4.69) is 41.3 Å². The Hall–Kier alpha value is -1.13. The Morgan fingerprint density at radius 2 is 2.04 bits per heavy atom. The second kappa shape index (κ2) is 13.9. The third kappa shape index (κ3) is 8.91. The maximum Gasteiger partial charge on any atom is 0.212 e. The van der Waals surface area contributed by atoms with Crippen molar-refractivity contribution < 1.29 is 9.47 Å². The van der Waals surface area contributed by atoms with Crippen molar-refractivity contribution in [3.05, 3.63) is 23.9 Å². The molecule has 7 nitrogen and oxygen atoms in total. The summed E-state index contributed by atoms with van der Waals surface area (Å²) in [5.74, 6) is 2.12. The normalized spacial score (nSPS) is 16.4. The van der Waals surface area contributed by atoms with Crippen molar-refractivity contribution in [1.82, 2.24) is 20.5 Å². The van der Waals surface area contributed by atoms with Gasteiger partial charge in [-0.1, -0.05) is 19.9 Å². The highest BCUT2D eigenvalue weighted by Crippen LogP contribution is 2.13. The van der Waals surface area contributed by atoms with Crippen LogP contribution in [0.2, 0.25) is 0 Å². The van der Waals surface area contributed by atoms with Crippen molar-refractivity contribution >= 4 is 29.9 Å². The van der Waals surface area contributed by atoms with Crippen LogP contribution >= 0.6 is 24.0 Å². The lowest BCUT2D eigenvalue weighted by Gasteiger charge is -2.35. The van der Waals surface area contributed by atoms with Crippen molar-refractivity contribution in [3.63, 3.8) is 0 Å². The molecule has 1 aromatic heterocycles. The molecule has 0 saturated carbocycles. The minimum Gasteiger partial charge on any atom is -0.481 e. The summed E-state index contributed by atoms with van der Waals surface area (Å²) in [6.45, 7) is 12.6. The molecule has 28 heavy (non-hydrogen) atoms. The molecule has 0 aliphatic carbocycles. The van der Waals surface area contributed by atoms with Gasteiger partial charge in [-0.2, -0.15) is 0 Å². The van der Waals surface area contributed by atoms with Crippen molar-refractivity contribution in [1.29, 1.82) is 0 Å². The molecular formula is C20H36IN5O2. The van der Waals surface area contributed by atoms with Crippen LogP contribution in [-0.2, 0) is 11.3 Å². The van der Waals surface area contributed by atoms with E-state index in [1.54, 1.807) is 13.3 Å². The first-order valence-electron chi connectivity index (χ1n) is 9.95. The lowest BCUT2D eigenvalue weighted by molar-refractivity contribution is 0.0132. The third-order valence-corrected chi connectivity index (χ3v) is 4.58. The number of aliphatic imine (C=N–C) groups is 1. The van der Waals surface area contributed by atoms with Crippen LogP contribution in [0.1, 0.15) is 32.8 Å². The quantitative estimate of drug-likeness (QED) is 0.306. The summed E-state index contributed by atoms with van der Waals surface area (Å²) in [7, 11) is 1.62. The molecule has 0 radical (unpaired) electrons. The summed E-state index contributed by atoms with van der Waals surface area (Å²) in [4.78, 5) is 11.5. The number of aromatic nitrogens is 1. The number of rotatable bonds is 9. The molecule has 0 aromatic carbocycles. The van der Waals surface area contributed by atoms with E-state index in [0.717, 1.165) is 57.3 Å². The Morgan fingerprint density at radius 1 is 1.29 bits per heavy atom. The van der Waals surface area contributed by atoms with Crippen LogP contribution in [0.5, 0.6) is 5.88 Å². The molecule has 0 spiro atoms. The van der Waals surface area contributed by atoms with Crippen LogP contribution in [-0.4, -0.2) is 68.4 Å². The summed E-state index contributed by atoms with van der Waals surface area (Å²) in [6, 6.07) is 4.34. The van der Waals surface area contributed by atoms with E-state index in [-0.39, 0.29) is 24.0 Å². The molecule has 2 heterocycles. The predicted molar refractivity (Wildman–Crippen MR) is 125 cm³/mol. The zero-order chi connectivity index (χ0) is 19.5. The van der Waals surface area contributed by atoms with E-state index in [4.69, 9.17) is 14.5 Å². The minimum absolute atomic E-state index is 0. The number of morpholine rings is 1. The van der Waals surface area contributed by atoms with E-state index in [1.165, 1.54) is 0 Å². The lowest BCUT2D eigenvalue weighted by Crippen LogP contribution is -2.51. The number of hydrogen-bond donors (Lipinski definition) is 2. The van der Waals surface area contributed by atoms with Crippen molar-refractivity contribution in [2.75, 3.05) is 46.5 Å². The molecule has 1 atom stereocenters. The highest BCUT2D eigenvalue weighted by molar-refractivity contribution is 14.0. The van der Waals surface area contributed by atoms with Crippen LogP contribution in [0.4, 0.5) is 0 Å². The standard InChI is InChI=1S/C20H35N5O2.HI/c1-5-21-20(23-14-17-6-7-19(26-4)22-13-17)24-15-18(12-16(2)3)25-8-10-27-11-9-25;/h6-7,13,16,18H,5,8-12,14-15H2,1-4H3,(H2,21,23,24);1H. The summed E-state index contributed by atoms with van der Waals surface area (Å²) in [6.07, 6.45) is 2.97. The predicted octanol–water partition coefficient (Wildman–Crippen LogP) is 2.51. The summed E-state index contributed by atoms with van der Waals surface area (Å²) in [5, 5.41) is 6.87. The average Bonchev–Trinajstić information content (AvgIpc) is 2.69. The SMILES string of the molecule is CCNC(=NCc1ccc(OC)nc1)NCC(CC(C)C)N1CCOCC1.I. The Labute approximate surface area is 186 Å². The van der Waals surface area contributed by atoms with Crippen LogP contribution in [0.15, 0.2) is 23.3 Å². The molecule has 1 aromatic rings. The van der Waals surface area contributed by atoms with Gasteiger partial charge in [-0.3, -0.25) is 4.90 Å². The van der Waals surface area contributed by atoms with E-state index in [9.17, 15) is 0 Å². The molecule has 1 aliphatic rings. The second-order valence-corrected chi connectivity index (χ2v) is 7.22. The molecule has 1 aliphatic heterocycles. The Kier molecular flexibility index (Phi) is 12.4. The van der Waals surface area contributed by atoms with Gasteiger partial charge in [-0.25, -0.2) is 9.98 Å². The van der Waals surface area contributed by atoms with Gasteiger partial charge in [0, 0.05) is 44.5 Å². The van der Waals surface area contributed by atoms with E-state index >= 15 is 0 Å². The fourth-order valence-electron chi connectivity index (χ4n) is 3.20. The number of methoxy groups -OCH3 is 1. The van der Waals surface area contributed by atoms with Crippen LogP contribution in [0.3, 0.4) is 0 Å². The largest absolute Gasteiger partial charge is 0.481 e. The molecule has 8 heteroatoms. The molecular weight excluding hydrogens is 469 g/mol.